The first-order valence-electron chi connectivity index (χ1n) is 7.84. The maximum atomic E-state index is 12.3. The van der Waals surface area contributed by atoms with Crippen LogP contribution in [0.1, 0.15) is 24.0 Å². The van der Waals surface area contributed by atoms with Gasteiger partial charge in [0.25, 0.3) is 0 Å². The zero-order valence-corrected chi connectivity index (χ0v) is 13.2. The SMILES string of the molecule is NC(=O)NCCCC(NC(=O)[C@@H]1Cc2ccccc2CN1)C(=O)O. The van der Waals surface area contributed by atoms with Crippen molar-refractivity contribution < 1.29 is 19.5 Å². The lowest BCUT2D eigenvalue weighted by molar-refractivity contribution is -0.142. The number of carbonyl (C=O) groups is 3. The van der Waals surface area contributed by atoms with Crippen molar-refractivity contribution in [2.75, 3.05) is 6.54 Å². The van der Waals surface area contributed by atoms with Gasteiger partial charge in [0.15, 0.2) is 0 Å². The first-order chi connectivity index (χ1) is 11.5. The summed E-state index contributed by atoms with van der Waals surface area (Å²) in [5.41, 5.74) is 7.18. The molecule has 0 saturated carbocycles. The lowest BCUT2D eigenvalue weighted by Gasteiger charge is -2.26. The van der Waals surface area contributed by atoms with Crippen LogP contribution in [0.4, 0.5) is 4.79 Å². The third-order valence-electron chi connectivity index (χ3n) is 3.98. The Balaban J connectivity index is 1.87. The number of aliphatic carboxylic acids is 1. The maximum absolute atomic E-state index is 12.3. The first-order valence-corrected chi connectivity index (χ1v) is 7.84. The number of carboxylic acid groups (broad SMARTS) is 1. The van der Waals surface area contributed by atoms with E-state index >= 15 is 0 Å². The molecule has 8 heteroatoms. The van der Waals surface area contributed by atoms with Gasteiger partial charge in [0.05, 0.1) is 6.04 Å². The van der Waals surface area contributed by atoms with Crippen molar-refractivity contribution in [3.8, 4) is 0 Å². The molecular weight excluding hydrogens is 312 g/mol. The van der Waals surface area contributed by atoms with Gasteiger partial charge in [-0.25, -0.2) is 9.59 Å². The number of primary amides is 1. The second-order valence-corrected chi connectivity index (χ2v) is 5.74. The second-order valence-electron chi connectivity index (χ2n) is 5.74. The summed E-state index contributed by atoms with van der Waals surface area (Å²) < 4.78 is 0. The van der Waals surface area contributed by atoms with E-state index in [9.17, 15) is 19.5 Å². The third kappa shape index (κ3) is 4.95. The Morgan fingerprint density at radius 2 is 2.00 bits per heavy atom. The summed E-state index contributed by atoms with van der Waals surface area (Å²) in [5, 5.41) is 17.3. The van der Waals surface area contributed by atoms with Gasteiger partial charge in [-0.2, -0.15) is 0 Å². The van der Waals surface area contributed by atoms with Crippen molar-refractivity contribution in [1.29, 1.82) is 0 Å². The summed E-state index contributed by atoms with van der Waals surface area (Å²) >= 11 is 0. The smallest absolute Gasteiger partial charge is 0.326 e. The third-order valence-corrected chi connectivity index (χ3v) is 3.98. The molecule has 130 valence electrons. The number of nitrogens with one attached hydrogen (secondary N) is 3. The van der Waals surface area contributed by atoms with E-state index < -0.39 is 24.1 Å². The molecule has 24 heavy (non-hydrogen) atoms. The van der Waals surface area contributed by atoms with E-state index in [1.807, 2.05) is 24.3 Å². The molecule has 1 aromatic rings. The Morgan fingerprint density at radius 3 is 2.67 bits per heavy atom. The Bertz CT molecular complexity index is 620. The fourth-order valence-electron chi connectivity index (χ4n) is 2.69. The van der Waals surface area contributed by atoms with Gasteiger partial charge in [-0.15, -0.1) is 0 Å². The predicted octanol–water partition coefficient (Wildman–Crippen LogP) is -0.281. The summed E-state index contributed by atoms with van der Waals surface area (Å²) in [7, 11) is 0. The number of amides is 3. The van der Waals surface area contributed by atoms with Crippen LogP contribution in [0.25, 0.3) is 0 Å². The van der Waals surface area contributed by atoms with Crippen molar-refractivity contribution in [1.82, 2.24) is 16.0 Å². The fraction of sp³-hybridized carbons (Fsp3) is 0.438. The molecule has 6 N–H and O–H groups in total. The lowest BCUT2D eigenvalue weighted by Crippen LogP contribution is -2.52. The highest BCUT2D eigenvalue weighted by molar-refractivity contribution is 5.87. The van der Waals surface area contributed by atoms with Gasteiger partial charge in [0.2, 0.25) is 5.91 Å². The molecule has 1 unspecified atom stereocenters. The molecule has 8 nitrogen and oxygen atoms in total. The van der Waals surface area contributed by atoms with Gasteiger partial charge in [0, 0.05) is 13.1 Å². The van der Waals surface area contributed by atoms with Gasteiger partial charge < -0.3 is 26.8 Å². The van der Waals surface area contributed by atoms with Crippen LogP contribution in [-0.2, 0) is 22.6 Å². The molecule has 0 aromatic heterocycles. The topological polar surface area (TPSA) is 134 Å². The molecule has 0 spiro atoms. The predicted molar refractivity (Wildman–Crippen MR) is 87.2 cm³/mol. The van der Waals surface area contributed by atoms with Gasteiger partial charge >= 0.3 is 12.0 Å². The minimum absolute atomic E-state index is 0.213. The van der Waals surface area contributed by atoms with Crippen LogP contribution < -0.4 is 21.7 Å². The molecule has 2 rings (SSSR count). The average Bonchev–Trinajstić information content (AvgIpc) is 2.56. The van der Waals surface area contributed by atoms with Gasteiger partial charge in [0.1, 0.15) is 6.04 Å². The number of urea groups is 1. The van der Waals surface area contributed by atoms with Crippen LogP contribution in [0.5, 0.6) is 0 Å². The highest BCUT2D eigenvalue weighted by Gasteiger charge is 2.27. The zero-order valence-electron chi connectivity index (χ0n) is 13.2. The van der Waals surface area contributed by atoms with E-state index in [1.165, 1.54) is 0 Å². The molecule has 0 aliphatic carbocycles. The summed E-state index contributed by atoms with van der Waals surface area (Å²) in [6.07, 6.45) is 1.14. The number of rotatable bonds is 7. The Hall–Kier alpha value is -2.61. The number of nitrogens with two attached hydrogens (primary N) is 1. The van der Waals surface area contributed by atoms with Crippen LogP contribution in [0.15, 0.2) is 24.3 Å². The summed E-state index contributed by atoms with van der Waals surface area (Å²) in [6, 6.07) is 5.74. The van der Waals surface area contributed by atoms with Crippen molar-refractivity contribution in [2.45, 2.75) is 37.9 Å². The van der Waals surface area contributed by atoms with Crippen LogP contribution in [0.3, 0.4) is 0 Å². The van der Waals surface area contributed by atoms with Crippen LogP contribution in [0.2, 0.25) is 0 Å². The van der Waals surface area contributed by atoms with Crippen molar-refractivity contribution in [3.63, 3.8) is 0 Å². The number of hydrogen-bond acceptors (Lipinski definition) is 4. The fourth-order valence-corrected chi connectivity index (χ4v) is 2.69. The molecule has 0 radical (unpaired) electrons. The summed E-state index contributed by atoms with van der Waals surface area (Å²) in [5.74, 6) is -1.43. The Labute approximate surface area is 139 Å². The first kappa shape index (κ1) is 17.7. The maximum Gasteiger partial charge on any atom is 0.326 e. The number of hydrogen-bond donors (Lipinski definition) is 5. The monoisotopic (exact) mass is 334 g/mol. The minimum atomic E-state index is -1.10. The molecule has 1 aliphatic rings. The minimum Gasteiger partial charge on any atom is -0.480 e. The highest BCUT2D eigenvalue weighted by Crippen LogP contribution is 2.16. The van der Waals surface area contributed by atoms with Gasteiger partial charge in [-0.1, -0.05) is 24.3 Å². The van der Waals surface area contributed by atoms with E-state index in [1.54, 1.807) is 0 Å². The van der Waals surface area contributed by atoms with Gasteiger partial charge in [-0.3, -0.25) is 4.79 Å². The average molecular weight is 334 g/mol. The van der Waals surface area contributed by atoms with Crippen molar-refractivity contribution in [3.05, 3.63) is 35.4 Å². The Kier molecular flexibility index (Phi) is 6.14. The molecule has 2 atom stereocenters. The van der Waals surface area contributed by atoms with E-state index in [4.69, 9.17) is 5.73 Å². The summed E-state index contributed by atoms with van der Waals surface area (Å²) in [4.78, 5) is 34.2. The molecule has 1 heterocycles. The molecule has 0 fully saturated rings. The number of carboxylic acids is 1. The molecule has 0 saturated heterocycles. The lowest BCUT2D eigenvalue weighted by atomic mass is 9.95. The van der Waals surface area contributed by atoms with E-state index in [-0.39, 0.29) is 18.9 Å². The Morgan fingerprint density at radius 1 is 1.29 bits per heavy atom. The van der Waals surface area contributed by atoms with E-state index in [0.717, 1.165) is 11.1 Å². The van der Waals surface area contributed by atoms with E-state index in [2.05, 4.69) is 16.0 Å². The van der Waals surface area contributed by atoms with Gasteiger partial charge in [-0.05, 0) is 30.4 Å². The molecule has 1 aliphatic heterocycles. The second kappa shape index (κ2) is 8.30. The summed E-state index contributed by atoms with van der Waals surface area (Å²) in [6.45, 7) is 0.846. The zero-order chi connectivity index (χ0) is 17.5. The molecule has 3 amide bonds. The quantitative estimate of drug-likeness (QED) is 0.437. The molecule has 0 bridgehead atoms. The number of benzene rings is 1. The van der Waals surface area contributed by atoms with Crippen LogP contribution in [-0.4, -0.2) is 41.6 Å². The molecular formula is C16H22N4O4. The van der Waals surface area contributed by atoms with Crippen molar-refractivity contribution >= 4 is 17.9 Å². The number of carbonyl (C=O) groups excluding carboxylic acids is 2. The number of fused-ring (bicyclic) bond motifs is 1. The van der Waals surface area contributed by atoms with Crippen LogP contribution in [0, 0.1) is 0 Å². The highest BCUT2D eigenvalue weighted by atomic mass is 16.4. The largest absolute Gasteiger partial charge is 0.480 e. The van der Waals surface area contributed by atoms with Crippen molar-refractivity contribution in [2.24, 2.45) is 5.73 Å². The molecule has 1 aromatic carbocycles. The van der Waals surface area contributed by atoms with E-state index in [0.29, 0.717) is 19.4 Å². The standard InChI is InChI=1S/C16H22N4O4/c17-16(24)18-7-3-6-12(15(22)23)20-14(21)13-8-10-4-1-2-5-11(10)9-19-13/h1-2,4-5,12-13,19H,3,6-9H2,(H,20,21)(H,22,23)(H3,17,18,24)/t12?,13-/m0/s1. The normalized spacial score (nSPS) is 17.4. The van der Waals surface area contributed by atoms with Crippen LogP contribution >= 0.6 is 0 Å².